The molecule has 0 nitrogen and oxygen atoms in total. The van der Waals surface area contributed by atoms with Crippen molar-refractivity contribution in [3.05, 3.63) is 78.9 Å². The highest BCUT2D eigenvalue weighted by atomic mass is 14.1. The van der Waals surface area contributed by atoms with E-state index in [1.165, 1.54) is 27.7 Å². The van der Waals surface area contributed by atoms with Crippen LogP contribution in [0.1, 0.15) is 0 Å². The monoisotopic (exact) mass is 242 g/mol. The lowest BCUT2D eigenvalue weighted by molar-refractivity contribution is 1.62. The van der Waals surface area contributed by atoms with Crippen LogP contribution in [0.4, 0.5) is 0 Å². The van der Waals surface area contributed by atoms with Crippen LogP contribution in [-0.2, 0) is 0 Å². The molecule has 0 spiro atoms. The average molecular weight is 242 g/mol. The Morgan fingerprint density at radius 3 is 1.32 bits per heavy atom. The lowest BCUT2D eigenvalue weighted by Crippen LogP contribution is -2.10. The summed E-state index contributed by atoms with van der Waals surface area (Å²) in [6.07, 6.45) is 0. The molecule has 0 aliphatic heterocycles. The van der Waals surface area contributed by atoms with Gasteiger partial charge in [0.25, 0.3) is 0 Å². The molecule has 0 atom stereocenters. The van der Waals surface area contributed by atoms with Crippen molar-refractivity contribution in [2.24, 2.45) is 0 Å². The fraction of sp³-hybridized carbons (Fsp3) is 0. The third-order valence-electron chi connectivity index (χ3n) is 3.50. The Kier molecular flexibility index (Phi) is 3.20. The number of hydrogen-bond acceptors (Lipinski definition) is 0. The molecule has 1 heteroatoms. The number of hydrogen-bond donors (Lipinski definition) is 0. The number of benzene rings is 3. The van der Waals surface area contributed by atoms with Crippen LogP contribution >= 0.6 is 0 Å². The maximum Gasteiger partial charge on any atom is 0.140 e. The molecule has 0 aliphatic rings. The van der Waals surface area contributed by atoms with Gasteiger partial charge in [0.1, 0.15) is 7.85 Å². The predicted octanol–water partition coefficient (Wildman–Crippen LogP) is 3.28. The van der Waals surface area contributed by atoms with Gasteiger partial charge in [0.2, 0.25) is 0 Å². The highest BCUT2D eigenvalue weighted by Crippen LogP contribution is 2.23. The van der Waals surface area contributed by atoms with Crippen LogP contribution in [-0.4, -0.2) is 7.85 Å². The van der Waals surface area contributed by atoms with Gasteiger partial charge >= 0.3 is 0 Å². The largest absolute Gasteiger partial charge is 0.140 e. The molecule has 3 rings (SSSR count). The Hall–Kier alpha value is -2.28. The van der Waals surface area contributed by atoms with E-state index in [2.05, 4.69) is 86.7 Å². The zero-order valence-electron chi connectivity index (χ0n) is 11.0. The molecule has 0 saturated heterocycles. The first-order valence-electron chi connectivity index (χ1n) is 6.57. The highest BCUT2D eigenvalue weighted by molar-refractivity contribution is 6.39. The van der Waals surface area contributed by atoms with Crippen LogP contribution in [0.15, 0.2) is 78.9 Å². The Labute approximate surface area is 115 Å². The van der Waals surface area contributed by atoms with Crippen molar-refractivity contribution in [1.29, 1.82) is 0 Å². The summed E-state index contributed by atoms with van der Waals surface area (Å²) in [6, 6.07) is 27.6. The fourth-order valence-corrected chi connectivity index (χ4v) is 2.50. The molecule has 3 aromatic rings. The molecule has 3 aromatic carbocycles. The van der Waals surface area contributed by atoms with Crippen molar-refractivity contribution in [3.63, 3.8) is 0 Å². The second kappa shape index (κ2) is 5.15. The quantitative estimate of drug-likeness (QED) is 0.605. The minimum atomic E-state index is 1.28. The Morgan fingerprint density at radius 2 is 0.895 bits per heavy atom. The van der Waals surface area contributed by atoms with Crippen molar-refractivity contribution in [2.75, 3.05) is 0 Å². The second-order valence-corrected chi connectivity index (χ2v) is 4.71. The first kappa shape index (κ1) is 11.8. The molecule has 0 heterocycles. The van der Waals surface area contributed by atoms with E-state index in [1.807, 2.05) is 0 Å². The minimum absolute atomic E-state index is 1.28. The van der Waals surface area contributed by atoms with Crippen LogP contribution < -0.4 is 5.46 Å². The van der Waals surface area contributed by atoms with E-state index in [-0.39, 0.29) is 0 Å². The summed E-state index contributed by atoms with van der Waals surface area (Å²) in [4.78, 5) is 0. The van der Waals surface area contributed by atoms with E-state index in [0.29, 0.717) is 0 Å². The molecule has 90 valence electrons. The van der Waals surface area contributed by atoms with Gasteiger partial charge in [-0.25, -0.2) is 0 Å². The van der Waals surface area contributed by atoms with Gasteiger partial charge in [0.05, 0.1) is 0 Å². The van der Waals surface area contributed by atoms with E-state index in [4.69, 9.17) is 0 Å². The molecular formula is C18H15B. The van der Waals surface area contributed by atoms with Crippen molar-refractivity contribution in [2.45, 2.75) is 0 Å². The summed E-state index contributed by atoms with van der Waals surface area (Å²) in [5, 5.41) is 0. The molecule has 0 unspecified atom stereocenters. The van der Waals surface area contributed by atoms with Gasteiger partial charge in [-0.2, -0.15) is 0 Å². The van der Waals surface area contributed by atoms with Crippen LogP contribution in [0.3, 0.4) is 0 Å². The normalized spacial score (nSPS) is 10.3. The maximum absolute atomic E-state index is 2.20. The average Bonchev–Trinajstić information content (AvgIpc) is 2.49. The Balaban J connectivity index is 2.15. The van der Waals surface area contributed by atoms with Gasteiger partial charge in [-0.3, -0.25) is 0 Å². The van der Waals surface area contributed by atoms with Crippen LogP contribution in [0, 0.1) is 0 Å². The van der Waals surface area contributed by atoms with E-state index in [1.54, 1.807) is 0 Å². The molecule has 0 bridgehead atoms. The molecule has 0 aromatic heterocycles. The Bertz CT molecular complexity index is 615. The summed E-state index contributed by atoms with van der Waals surface area (Å²) in [6.45, 7) is 0. The first-order chi connectivity index (χ1) is 9.36. The summed E-state index contributed by atoms with van der Waals surface area (Å²) < 4.78 is 0. The van der Waals surface area contributed by atoms with E-state index >= 15 is 0 Å². The SMILES string of the molecule is Bc1c(-c2ccccc2)cccc1-c1ccccc1. The molecule has 19 heavy (non-hydrogen) atoms. The summed E-state index contributed by atoms with van der Waals surface area (Å²) in [7, 11) is 2.20. The third kappa shape index (κ3) is 2.32. The van der Waals surface area contributed by atoms with Gasteiger partial charge in [-0.15, -0.1) is 0 Å². The topological polar surface area (TPSA) is 0 Å². The van der Waals surface area contributed by atoms with E-state index in [9.17, 15) is 0 Å². The number of rotatable bonds is 2. The van der Waals surface area contributed by atoms with E-state index in [0.717, 1.165) is 0 Å². The molecule has 0 fully saturated rings. The summed E-state index contributed by atoms with van der Waals surface area (Å²) in [5.41, 5.74) is 6.50. The van der Waals surface area contributed by atoms with Crippen LogP contribution in [0.25, 0.3) is 22.3 Å². The van der Waals surface area contributed by atoms with Crippen molar-refractivity contribution >= 4 is 13.3 Å². The second-order valence-electron chi connectivity index (χ2n) is 4.71. The standard InChI is InChI=1S/C18H15B/c19-18-16(14-8-3-1-4-9-14)12-7-13-17(18)15-10-5-2-6-11-15/h1-13H,19H2. The van der Waals surface area contributed by atoms with Crippen LogP contribution in [0.5, 0.6) is 0 Å². The maximum atomic E-state index is 2.20. The van der Waals surface area contributed by atoms with Crippen molar-refractivity contribution < 1.29 is 0 Å². The van der Waals surface area contributed by atoms with Gasteiger partial charge in [-0.05, 0) is 22.3 Å². The van der Waals surface area contributed by atoms with E-state index < -0.39 is 0 Å². The van der Waals surface area contributed by atoms with Crippen LogP contribution in [0.2, 0.25) is 0 Å². The Morgan fingerprint density at radius 1 is 0.474 bits per heavy atom. The molecule has 0 radical (unpaired) electrons. The van der Waals surface area contributed by atoms with Crippen molar-refractivity contribution in [1.82, 2.24) is 0 Å². The molecule has 0 N–H and O–H groups in total. The summed E-state index contributed by atoms with van der Waals surface area (Å²) >= 11 is 0. The zero-order valence-corrected chi connectivity index (χ0v) is 11.0. The minimum Gasteiger partial charge on any atom is -0.0736 e. The summed E-state index contributed by atoms with van der Waals surface area (Å²) in [5.74, 6) is 0. The molecular weight excluding hydrogens is 227 g/mol. The predicted molar refractivity (Wildman–Crippen MR) is 85.5 cm³/mol. The van der Waals surface area contributed by atoms with Gasteiger partial charge in [0, 0.05) is 0 Å². The van der Waals surface area contributed by atoms with Gasteiger partial charge in [-0.1, -0.05) is 84.3 Å². The third-order valence-corrected chi connectivity index (χ3v) is 3.50. The molecule has 0 saturated carbocycles. The fourth-order valence-electron chi connectivity index (χ4n) is 2.50. The molecule has 0 aliphatic carbocycles. The van der Waals surface area contributed by atoms with Crippen molar-refractivity contribution in [3.8, 4) is 22.3 Å². The molecule has 0 amide bonds. The highest BCUT2D eigenvalue weighted by Gasteiger charge is 2.06. The first-order valence-corrected chi connectivity index (χ1v) is 6.57. The zero-order chi connectivity index (χ0) is 13.1. The van der Waals surface area contributed by atoms with Gasteiger partial charge < -0.3 is 0 Å². The lowest BCUT2D eigenvalue weighted by Gasteiger charge is -2.12. The lowest BCUT2D eigenvalue weighted by atomic mass is 9.81. The smallest absolute Gasteiger partial charge is 0.0736 e. The van der Waals surface area contributed by atoms with Gasteiger partial charge in [0.15, 0.2) is 0 Å².